The lowest BCUT2D eigenvalue weighted by molar-refractivity contribution is -0.137. The predicted molar refractivity (Wildman–Crippen MR) is 511 cm³/mol. The van der Waals surface area contributed by atoms with Crippen LogP contribution < -0.4 is 0 Å². The number of allylic oxidation sites excluding steroid dienone is 12. The van der Waals surface area contributed by atoms with Crippen molar-refractivity contribution in [2.45, 2.75) is 207 Å². The zero-order chi connectivity index (χ0) is 94.5. The number of aromatic hydroxyl groups is 4. The Hall–Kier alpha value is -11.2. The molecule has 0 aliphatic carbocycles. The minimum Gasteiger partial charge on any atom is -0.507 e. The van der Waals surface area contributed by atoms with Crippen molar-refractivity contribution < 1.29 is 97.1 Å². The standard InChI is InChI=1S/2C26H33ClN2O4.2C24H29ClN2O6/c2*1-19-16-20(2)25(27)22-17-21(28-33-18-23(30)29-13-9-7-10-14-29)12-8-5-3-4-6-11-15-32-26(31)24(19)22;2*25-23-18-14-17(26-33-16-21(30)27-11-7-5-8-12-27)10-6-3-1-2-4-9-13-32-24(31)22(18)19(28)15-20(23)29/h2*4,6,8,12,16H,3,5,7,9-11,13-15,17-18H2,1-2H3;2*2,4,6,10,15,28-29H,1,3,5,7-9,11-14,16H2/b6-4+,12-8+,28-21+;6-4+,12-8+,28-21-;4-2+,10-6+,26-17+;4-2+,10-6+,26-17-. The number of piperidine rings is 4. The summed E-state index contributed by atoms with van der Waals surface area (Å²) in [5, 5.41) is 58.5. The molecule has 4 aromatic carbocycles. The Balaban J connectivity index is 0.000000198. The smallest absolute Gasteiger partial charge is 0.342 e. The number of cyclic esters (lactones) is 4. The third-order valence-corrected chi connectivity index (χ3v) is 24.6. The van der Waals surface area contributed by atoms with Crippen LogP contribution in [0.25, 0.3) is 0 Å². The summed E-state index contributed by atoms with van der Waals surface area (Å²) in [4.78, 5) is 130. The lowest BCUT2D eigenvalue weighted by Gasteiger charge is -2.26. The SMILES string of the molecule is Cc1cc(C)c2c(c1Cl)CC(=N/OCC(=O)N1CCCCC1)/C=C/CC/C=C/CCOC2=O.Cc1cc(C)c2c(c1Cl)CC(=N\OCC(=O)N1CCCCC1)/C=C/CC/C=C/CCOC2=O.O=C1OCC/C=C/CC/C=C/C(=N/OCC(=O)N2CCCCC2)Cc2c(Cl)c(O)cc(O)c21.O=C1OCC/C=C/CC/C=C/C(=N\OCC(=O)N2CCCCC2)Cc2c(Cl)c(O)cc(O)c21. The van der Waals surface area contributed by atoms with E-state index in [1.54, 1.807) is 22.0 Å². The number of esters is 4. The number of fused-ring (bicyclic) bond motifs is 4. The molecule has 8 aliphatic heterocycles. The van der Waals surface area contributed by atoms with Crippen molar-refractivity contribution in [1.82, 2.24) is 19.6 Å². The second kappa shape index (κ2) is 56.6. The van der Waals surface area contributed by atoms with Crippen LogP contribution >= 0.6 is 46.4 Å². The Kier molecular flexibility index (Phi) is 44.8. The van der Waals surface area contributed by atoms with Crippen LogP contribution in [0.4, 0.5) is 0 Å². The third kappa shape index (κ3) is 33.8. The molecule has 4 amide bonds. The fraction of sp³-hybridized carbons (Fsp3) is 0.480. The van der Waals surface area contributed by atoms with Crippen LogP contribution in [0.3, 0.4) is 0 Å². The largest absolute Gasteiger partial charge is 0.507 e. The number of carbonyl (C=O) groups is 8. The summed E-state index contributed by atoms with van der Waals surface area (Å²) in [6, 6.07) is 5.80. The van der Waals surface area contributed by atoms with Gasteiger partial charge in [-0.2, -0.15) is 0 Å². The van der Waals surface area contributed by atoms with Gasteiger partial charge in [-0.1, -0.05) is 152 Å². The number of halogens is 4. The van der Waals surface area contributed by atoms with E-state index in [0.29, 0.717) is 107 Å². The van der Waals surface area contributed by atoms with E-state index < -0.39 is 23.4 Å². The second-order valence-electron chi connectivity index (χ2n) is 32.9. The van der Waals surface area contributed by atoms with E-state index in [1.165, 1.54) is 0 Å². The molecule has 0 radical (unpaired) electrons. The lowest BCUT2D eigenvalue weighted by Crippen LogP contribution is -2.37. The highest BCUT2D eigenvalue weighted by atomic mass is 35.5. The van der Waals surface area contributed by atoms with Gasteiger partial charge in [0, 0.05) is 100 Å². The van der Waals surface area contributed by atoms with E-state index in [4.69, 9.17) is 84.7 Å². The van der Waals surface area contributed by atoms with Gasteiger partial charge in [-0.25, -0.2) is 19.2 Å². The first kappa shape index (κ1) is 105. The molecule has 8 aliphatic rings. The van der Waals surface area contributed by atoms with Crippen LogP contribution in [0.15, 0.2) is 142 Å². The maximum atomic E-state index is 12.9. The van der Waals surface area contributed by atoms with E-state index >= 15 is 0 Å². The molecule has 28 nitrogen and oxygen atoms in total. The predicted octanol–water partition coefficient (Wildman–Crippen LogP) is 18.9. The van der Waals surface area contributed by atoms with E-state index in [9.17, 15) is 58.8 Å². The van der Waals surface area contributed by atoms with Crippen molar-refractivity contribution in [2.75, 3.05) is 105 Å². The topological polar surface area (TPSA) is 354 Å². The molecular formula is C100H124Cl4N8O20. The van der Waals surface area contributed by atoms with Crippen LogP contribution in [0.5, 0.6) is 23.0 Å². The molecule has 0 atom stereocenters. The highest BCUT2D eigenvalue weighted by molar-refractivity contribution is 6.35. The average molecular weight is 1900 g/mol. The van der Waals surface area contributed by atoms with Gasteiger partial charge in [0.15, 0.2) is 26.4 Å². The molecule has 12 rings (SSSR count). The molecule has 0 saturated carbocycles. The summed E-state index contributed by atoms with van der Waals surface area (Å²) >= 11 is 25.9. The fourth-order valence-corrected chi connectivity index (χ4v) is 16.6. The van der Waals surface area contributed by atoms with Gasteiger partial charge >= 0.3 is 23.9 Å². The Labute approximate surface area is 793 Å². The summed E-state index contributed by atoms with van der Waals surface area (Å²) in [5.41, 5.74) is 7.68. The number of oxime groups is 4. The number of rotatable bonds is 12. The highest BCUT2D eigenvalue weighted by Gasteiger charge is 2.30. The van der Waals surface area contributed by atoms with Crippen LogP contribution in [-0.4, -0.2) is 216 Å². The Morgan fingerprint density at radius 2 is 0.515 bits per heavy atom. The molecule has 4 N–H and O–H groups in total. The van der Waals surface area contributed by atoms with Crippen molar-refractivity contribution in [3.05, 3.63) is 208 Å². The van der Waals surface area contributed by atoms with Gasteiger partial charge in [0.05, 0.1) is 70.4 Å². The van der Waals surface area contributed by atoms with E-state index in [2.05, 4.69) is 32.8 Å². The minimum absolute atomic E-state index is 0.0184. The van der Waals surface area contributed by atoms with Crippen LogP contribution in [-0.2, 0) is 83.2 Å². The molecule has 4 fully saturated rings. The van der Waals surface area contributed by atoms with Gasteiger partial charge in [-0.05, 0) is 251 Å². The minimum atomic E-state index is -0.751. The van der Waals surface area contributed by atoms with Gasteiger partial charge in [-0.15, -0.1) is 0 Å². The Morgan fingerprint density at radius 1 is 0.295 bits per heavy atom. The van der Waals surface area contributed by atoms with Crippen LogP contribution in [0, 0.1) is 27.7 Å². The third-order valence-electron chi connectivity index (χ3n) is 22.7. The first-order valence-corrected chi connectivity index (χ1v) is 47.2. The summed E-state index contributed by atoms with van der Waals surface area (Å²) in [6.07, 6.45) is 53.2. The Morgan fingerprint density at radius 3 is 0.765 bits per heavy atom. The van der Waals surface area contributed by atoms with Crippen LogP contribution in [0.1, 0.15) is 240 Å². The molecule has 0 unspecified atom stereocenters. The second-order valence-corrected chi connectivity index (χ2v) is 34.4. The number of nitrogens with zero attached hydrogens (tertiary/aromatic N) is 8. The molecule has 4 aromatic rings. The molecule has 132 heavy (non-hydrogen) atoms. The number of amides is 4. The Bertz CT molecular complexity index is 4410. The van der Waals surface area contributed by atoms with E-state index in [1.807, 2.05) is 123 Å². The summed E-state index contributed by atoms with van der Waals surface area (Å²) in [7, 11) is 0. The van der Waals surface area contributed by atoms with Crippen molar-refractivity contribution in [3.8, 4) is 23.0 Å². The van der Waals surface area contributed by atoms with E-state index in [0.717, 1.165) is 215 Å². The summed E-state index contributed by atoms with van der Waals surface area (Å²) < 4.78 is 21.6. The van der Waals surface area contributed by atoms with Crippen molar-refractivity contribution >= 4 is 117 Å². The molecule has 0 aromatic heterocycles. The zero-order valence-corrected chi connectivity index (χ0v) is 79.1. The number of phenols is 4. The number of aryl methyl sites for hydroxylation is 4. The first-order chi connectivity index (χ1) is 63.9. The van der Waals surface area contributed by atoms with E-state index in [-0.39, 0.29) is 132 Å². The molecule has 0 spiro atoms. The number of carbonyl (C=O) groups excluding carboxylic acids is 8. The summed E-state index contributed by atoms with van der Waals surface area (Å²) in [6.45, 7) is 13.9. The number of likely N-dealkylation sites (tertiary alicyclic amines) is 4. The van der Waals surface area contributed by atoms with Crippen LogP contribution in [0.2, 0.25) is 20.1 Å². The van der Waals surface area contributed by atoms with Gasteiger partial charge < -0.3 is 78.3 Å². The molecular weight excluding hydrogens is 1770 g/mol. The van der Waals surface area contributed by atoms with Crippen molar-refractivity contribution in [1.29, 1.82) is 0 Å². The van der Waals surface area contributed by atoms with Gasteiger partial charge in [-0.3, -0.25) is 19.2 Å². The number of phenolic OH excluding ortho intramolecular Hbond substituents is 4. The number of hydrogen-bond acceptors (Lipinski definition) is 24. The quantitative estimate of drug-likeness (QED) is 0.0443. The molecule has 712 valence electrons. The maximum absolute atomic E-state index is 12.9. The molecule has 4 saturated heterocycles. The van der Waals surface area contributed by atoms with Gasteiger partial charge in [0.1, 0.15) is 34.1 Å². The molecule has 8 heterocycles. The fourth-order valence-electron chi connectivity index (χ4n) is 15.7. The number of hydrogen-bond donors (Lipinski definition) is 4. The zero-order valence-electron chi connectivity index (χ0n) is 76.1. The van der Waals surface area contributed by atoms with Crippen molar-refractivity contribution in [2.24, 2.45) is 20.6 Å². The van der Waals surface area contributed by atoms with Gasteiger partial charge in [0.25, 0.3) is 23.6 Å². The lowest BCUT2D eigenvalue weighted by atomic mass is 9.94. The van der Waals surface area contributed by atoms with Crippen molar-refractivity contribution in [3.63, 3.8) is 0 Å². The van der Waals surface area contributed by atoms with Gasteiger partial charge in [0.2, 0.25) is 0 Å². The molecule has 32 heteroatoms. The first-order valence-electron chi connectivity index (χ1n) is 45.7. The maximum Gasteiger partial charge on any atom is 0.342 e. The number of benzene rings is 4. The average Bonchev–Trinajstić information content (AvgIpc) is 0.808. The summed E-state index contributed by atoms with van der Waals surface area (Å²) in [5.74, 6) is -4.27. The molecule has 0 bridgehead atoms. The monoisotopic (exact) mass is 1900 g/mol. The normalized spacial score (nSPS) is 21.0. The number of ether oxygens (including phenoxy) is 4. The highest BCUT2D eigenvalue weighted by Crippen LogP contribution is 2.40.